The zero-order chi connectivity index (χ0) is 16.4. The molecule has 120 valence electrons. The summed E-state index contributed by atoms with van der Waals surface area (Å²) in [4.78, 5) is -0.292. The summed E-state index contributed by atoms with van der Waals surface area (Å²) in [6, 6.07) is 2.85. The minimum atomic E-state index is -4.63. The molecule has 0 amide bonds. The quantitative estimate of drug-likeness (QED) is 0.740. The Morgan fingerprint density at radius 1 is 1.29 bits per heavy atom. The molecule has 0 aliphatic heterocycles. The molecule has 1 rings (SSSR count). The van der Waals surface area contributed by atoms with Crippen molar-refractivity contribution in [2.75, 3.05) is 6.54 Å². The lowest BCUT2D eigenvalue weighted by Crippen LogP contribution is -2.43. The van der Waals surface area contributed by atoms with Crippen LogP contribution in [0.3, 0.4) is 0 Å². The van der Waals surface area contributed by atoms with Crippen molar-refractivity contribution in [3.8, 4) is 0 Å². The van der Waals surface area contributed by atoms with Crippen molar-refractivity contribution in [2.45, 2.75) is 36.8 Å². The smallest absolute Gasteiger partial charge is 0.207 e. The molecule has 0 heterocycles. The van der Waals surface area contributed by atoms with Gasteiger partial charge in [0.25, 0.3) is 0 Å². The Balaban J connectivity index is 3.26. The second kappa shape index (κ2) is 6.73. The first-order valence-electron chi connectivity index (χ1n) is 5.92. The Morgan fingerprint density at radius 3 is 2.24 bits per heavy atom. The minimum absolute atomic E-state index is 0.0790. The topological polar surface area (TPSA) is 37.4 Å². The molecule has 0 unspecified atom stereocenters. The molecule has 0 aliphatic carbocycles. The molecule has 3 nitrogen and oxygen atoms in total. The van der Waals surface area contributed by atoms with Crippen molar-refractivity contribution < 1.29 is 21.6 Å². The number of halogens is 5. The van der Waals surface area contributed by atoms with E-state index in [1.54, 1.807) is 0 Å². The van der Waals surface area contributed by atoms with Crippen LogP contribution in [0, 0.1) is 0 Å². The Kier molecular flexibility index (Phi) is 5.94. The average Bonchev–Trinajstić information content (AvgIpc) is 2.34. The molecule has 1 aromatic carbocycles. The molecule has 1 aromatic rings. The third-order valence-electron chi connectivity index (χ3n) is 2.69. The van der Waals surface area contributed by atoms with E-state index in [0.717, 1.165) is 6.07 Å². The first-order valence-corrected chi connectivity index (χ1v) is 8.27. The van der Waals surface area contributed by atoms with Gasteiger partial charge in [0.1, 0.15) is 6.54 Å². The van der Waals surface area contributed by atoms with Gasteiger partial charge in [-0.15, -0.1) is 11.6 Å². The lowest BCUT2D eigenvalue weighted by Gasteiger charge is -2.27. The fourth-order valence-corrected chi connectivity index (χ4v) is 3.92. The molecule has 0 saturated carbocycles. The number of nitrogens with zero attached hydrogens (tertiary/aromatic N) is 1. The molecule has 0 aliphatic rings. The van der Waals surface area contributed by atoms with Crippen LogP contribution < -0.4 is 0 Å². The molecule has 0 bridgehead atoms. The Bertz CT molecular complexity index is 603. The standard InChI is InChI=1S/C12H14Cl2F3NO2S/c1-8(2)18(7-12(15,16)17)21(19,20)10-4-3-9(6-13)11(14)5-10/h3-5,8H,6-7H2,1-2H3. The molecule has 0 atom stereocenters. The van der Waals surface area contributed by atoms with E-state index in [-0.39, 0.29) is 15.8 Å². The van der Waals surface area contributed by atoms with E-state index in [0.29, 0.717) is 9.87 Å². The number of benzene rings is 1. The molecule has 21 heavy (non-hydrogen) atoms. The zero-order valence-electron chi connectivity index (χ0n) is 11.3. The fraction of sp³-hybridized carbons (Fsp3) is 0.500. The van der Waals surface area contributed by atoms with Crippen LogP contribution >= 0.6 is 23.2 Å². The largest absolute Gasteiger partial charge is 0.402 e. The van der Waals surface area contributed by atoms with Crippen molar-refractivity contribution in [1.82, 2.24) is 4.31 Å². The summed E-state index contributed by atoms with van der Waals surface area (Å²) in [6.07, 6.45) is -4.63. The molecule has 9 heteroatoms. The van der Waals surface area contributed by atoms with Gasteiger partial charge in [-0.3, -0.25) is 0 Å². The number of alkyl halides is 4. The number of hydrogen-bond donors (Lipinski definition) is 0. The zero-order valence-corrected chi connectivity index (χ0v) is 13.6. The second-order valence-electron chi connectivity index (χ2n) is 4.65. The van der Waals surface area contributed by atoms with Crippen molar-refractivity contribution in [2.24, 2.45) is 0 Å². The molecule has 0 aromatic heterocycles. The van der Waals surface area contributed by atoms with Crippen LogP contribution in [0.25, 0.3) is 0 Å². The van der Waals surface area contributed by atoms with Crippen LogP contribution in [-0.4, -0.2) is 31.5 Å². The van der Waals surface area contributed by atoms with Crippen LogP contribution in [0.2, 0.25) is 5.02 Å². The van der Waals surface area contributed by atoms with Crippen LogP contribution in [0.1, 0.15) is 19.4 Å². The summed E-state index contributed by atoms with van der Waals surface area (Å²) in [7, 11) is -4.30. The van der Waals surface area contributed by atoms with Gasteiger partial charge in [0.15, 0.2) is 0 Å². The predicted octanol–water partition coefficient (Wildman–Crippen LogP) is 4.04. The van der Waals surface area contributed by atoms with Crippen molar-refractivity contribution in [3.05, 3.63) is 28.8 Å². The van der Waals surface area contributed by atoms with Crippen LogP contribution in [0.4, 0.5) is 13.2 Å². The van der Waals surface area contributed by atoms with Gasteiger partial charge in [-0.2, -0.15) is 17.5 Å². The van der Waals surface area contributed by atoms with E-state index in [4.69, 9.17) is 23.2 Å². The molecule has 0 spiro atoms. The average molecular weight is 364 g/mol. The monoisotopic (exact) mass is 363 g/mol. The third-order valence-corrected chi connectivity index (χ3v) is 5.34. The van der Waals surface area contributed by atoms with E-state index in [2.05, 4.69) is 0 Å². The second-order valence-corrected chi connectivity index (χ2v) is 7.21. The lowest BCUT2D eigenvalue weighted by molar-refractivity contribution is -0.138. The van der Waals surface area contributed by atoms with E-state index in [9.17, 15) is 21.6 Å². The van der Waals surface area contributed by atoms with E-state index in [1.807, 2.05) is 0 Å². The molecule has 0 radical (unpaired) electrons. The SMILES string of the molecule is CC(C)N(CC(F)(F)F)S(=O)(=O)c1ccc(CCl)c(Cl)c1. The maximum atomic E-state index is 12.6. The van der Waals surface area contributed by atoms with E-state index >= 15 is 0 Å². The van der Waals surface area contributed by atoms with Crippen molar-refractivity contribution in [1.29, 1.82) is 0 Å². The Morgan fingerprint density at radius 2 is 1.86 bits per heavy atom. The van der Waals surface area contributed by atoms with Crippen LogP contribution in [0.5, 0.6) is 0 Å². The number of hydrogen-bond acceptors (Lipinski definition) is 2. The van der Waals surface area contributed by atoms with Gasteiger partial charge in [-0.25, -0.2) is 8.42 Å². The van der Waals surface area contributed by atoms with Gasteiger partial charge in [-0.1, -0.05) is 17.7 Å². The maximum Gasteiger partial charge on any atom is 0.402 e. The van der Waals surface area contributed by atoms with Gasteiger partial charge in [0.2, 0.25) is 10.0 Å². The summed E-state index contributed by atoms with van der Waals surface area (Å²) in [5.41, 5.74) is 0.504. The Hall–Kier alpha value is -0.500. The summed E-state index contributed by atoms with van der Waals surface area (Å²) < 4.78 is 62.7. The van der Waals surface area contributed by atoms with E-state index < -0.39 is 28.8 Å². The minimum Gasteiger partial charge on any atom is -0.207 e. The first kappa shape index (κ1) is 18.5. The third kappa shape index (κ3) is 4.74. The molecule has 0 fully saturated rings. The fourth-order valence-electron chi connectivity index (χ4n) is 1.65. The van der Waals surface area contributed by atoms with E-state index in [1.165, 1.54) is 26.0 Å². The summed E-state index contributed by atoms with van der Waals surface area (Å²) in [5.74, 6) is 0.0790. The van der Waals surface area contributed by atoms with Gasteiger partial charge in [-0.05, 0) is 31.5 Å². The van der Waals surface area contributed by atoms with Gasteiger partial charge < -0.3 is 0 Å². The number of rotatable bonds is 5. The number of sulfonamides is 1. The molecule has 0 N–H and O–H groups in total. The van der Waals surface area contributed by atoms with Gasteiger partial charge in [0.05, 0.1) is 4.90 Å². The highest BCUT2D eigenvalue weighted by molar-refractivity contribution is 7.89. The first-order chi connectivity index (χ1) is 9.49. The van der Waals surface area contributed by atoms with Crippen LogP contribution in [-0.2, 0) is 15.9 Å². The molecule has 0 saturated heterocycles. The highest BCUT2D eigenvalue weighted by atomic mass is 35.5. The van der Waals surface area contributed by atoms with Gasteiger partial charge in [0, 0.05) is 16.9 Å². The van der Waals surface area contributed by atoms with Crippen molar-refractivity contribution in [3.63, 3.8) is 0 Å². The maximum absolute atomic E-state index is 12.6. The summed E-state index contributed by atoms with van der Waals surface area (Å²) in [5, 5.41) is 0.0989. The van der Waals surface area contributed by atoms with Crippen molar-refractivity contribution >= 4 is 33.2 Å². The predicted molar refractivity (Wildman–Crippen MR) is 76.1 cm³/mol. The summed E-state index contributed by atoms with van der Waals surface area (Å²) >= 11 is 11.5. The van der Waals surface area contributed by atoms with Gasteiger partial charge >= 0.3 is 6.18 Å². The molecular formula is C12H14Cl2F3NO2S. The Labute approximate surface area is 131 Å². The van der Waals surface area contributed by atoms with Crippen LogP contribution in [0.15, 0.2) is 23.1 Å². The summed E-state index contributed by atoms with van der Waals surface area (Å²) in [6.45, 7) is 1.19. The molecular weight excluding hydrogens is 350 g/mol. The highest BCUT2D eigenvalue weighted by Gasteiger charge is 2.38. The lowest BCUT2D eigenvalue weighted by atomic mass is 10.2. The highest BCUT2D eigenvalue weighted by Crippen LogP contribution is 2.28. The normalized spacial score (nSPS) is 13.2.